The van der Waals surface area contributed by atoms with Crippen LogP contribution >= 0.6 is 0 Å². The third-order valence-electron chi connectivity index (χ3n) is 3.50. The standard InChI is InChI=1S/C16H23NO4/c1-16(2,12-7-5-4-6-8-12)10-9-14(18)17-13(11-21-3)15(19)20/h4-8,13H,9-11H2,1-3H3,(H,17,18)(H,19,20). The van der Waals surface area contributed by atoms with Crippen molar-refractivity contribution < 1.29 is 19.4 Å². The van der Waals surface area contributed by atoms with E-state index < -0.39 is 12.0 Å². The quantitative estimate of drug-likeness (QED) is 0.768. The Balaban J connectivity index is 2.54. The van der Waals surface area contributed by atoms with E-state index >= 15 is 0 Å². The monoisotopic (exact) mass is 293 g/mol. The normalized spacial score (nSPS) is 12.7. The van der Waals surface area contributed by atoms with Gasteiger partial charge in [0.05, 0.1) is 6.61 Å². The zero-order chi connectivity index (χ0) is 15.9. The van der Waals surface area contributed by atoms with E-state index in [1.165, 1.54) is 7.11 Å². The van der Waals surface area contributed by atoms with Crippen LogP contribution in [0.15, 0.2) is 30.3 Å². The first-order valence-corrected chi connectivity index (χ1v) is 6.93. The number of carboxylic acid groups (broad SMARTS) is 1. The van der Waals surface area contributed by atoms with Crippen LogP contribution in [0.1, 0.15) is 32.3 Å². The van der Waals surface area contributed by atoms with Crippen molar-refractivity contribution in [1.29, 1.82) is 0 Å². The van der Waals surface area contributed by atoms with Gasteiger partial charge >= 0.3 is 5.97 Å². The van der Waals surface area contributed by atoms with Gasteiger partial charge < -0.3 is 15.2 Å². The summed E-state index contributed by atoms with van der Waals surface area (Å²) in [5.74, 6) is -1.36. The average Bonchev–Trinajstić information content (AvgIpc) is 2.45. The first-order chi connectivity index (χ1) is 9.86. The Kier molecular flexibility index (Phi) is 6.37. The second kappa shape index (κ2) is 7.78. The topological polar surface area (TPSA) is 75.6 Å². The van der Waals surface area contributed by atoms with Gasteiger partial charge in [-0.15, -0.1) is 0 Å². The van der Waals surface area contributed by atoms with Crippen molar-refractivity contribution in [2.75, 3.05) is 13.7 Å². The Labute approximate surface area is 125 Å². The van der Waals surface area contributed by atoms with Crippen molar-refractivity contribution in [2.24, 2.45) is 0 Å². The lowest BCUT2D eigenvalue weighted by Crippen LogP contribution is -2.44. The largest absolute Gasteiger partial charge is 0.480 e. The molecule has 0 aliphatic carbocycles. The molecule has 5 heteroatoms. The van der Waals surface area contributed by atoms with Gasteiger partial charge in [-0.25, -0.2) is 4.79 Å². The smallest absolute Gasteiger partial charge is 0.328 e. The number of ether oxygens (including phenoxy) is 1. The summed E-state index contributed by atoms with van der Waals surface area (Å²) < 4.78 is 4.79. The summed E-state index contributed by atoms with van der Waals surface area (Å²) in [6.07, 6.45) is 0.914. The molecule has 0 spiro atoms. The van der Waals surface area contributed by atoms with Crippen LogP contribution in [-0.2, 0) is 19.7 Å². The summed E-state index contributed by atoms with van der Waals surface area (Å²) in [5.41, 5.74) is 1.02. The molecule has 0 fully saturated rings. The number of nitrogens with one attached hydrogen (secondary N) is 1. The first-order valence-electron chi connectivity index (χ1n) is 6.93. The second-order valence-corrected chi connectivity index (χ2v) is 5.66. The minimum atomic E-state index is -1.09. The minimum Gasteiger partial charge on any atom is -0.480 e. The van der Waals surface area contributed by atoms with Crippen molar-refractivity contribution in [1.82, 2.24) is 5.32 Å². The van der Waals surface area contributed by atoms with E-state index in [9.17, 15) is 9.59 Å². The number of benzene rings is 1. The molecule has 21 heavy (non-hydrogen) atoms. The van der Waals surface area contributed by atoms with E-state index in [1.807, 2.05) is 30.3 Å². The van der Waals surface area contributed by atoms with Crippen LogP contribution in [-0.4, -0.2) is 36.7 Å². The highest BCUT2D eigenvalue weighted by molar-refractivity contribution is 5.83. The highest BCUT2D eigenvalue weighted by Crippen LogP contribution is 2.27. The maximum Gasteiger partial charge on any atom is 0.328 e. The van der Waals surface area contributed by atoms with E-state index in [1.54, 1.807) is 0 Å². The molecule has 1 amide bonds. The van der Waals surface area contributed by atoms with E-state index in [-0.39, 0.29) is 24.3 Å². The number of methoxy groups -OCH3 is 1. The Morgan fingerprint density at radius 2 is 1.90 bits per heavy atom. The fourth-order valence-corrected chi connectivity index (χ4v) is 2.07. The average molecular weight is 293 g/mol. The predicted octanol–water partition coefficient (Wildman–Crippen LogP) is 1.96. The number of carbonyl (C=O) groups excluding carboxylic acids is 1. The van der Waals surface area contributed by atoms with Gasteiger partial charge in [0.1, 0.15) is 0 Å². The van der Waals surface area contributed by atoms with Gasteiger partial charge in [0.2, 0.25) is 5.91 Å². The summed E-state index contributed by atoms with van der Waals surface area (Å²) >= 11 is 0. The van der Waals surface area contributed by atoms with E-state index in [2.05, 4.69) is 19.2 Å². The van der Waals surface area contributed by atoms with Gasteiger partial charge in [-0.05, 0) is 17.4 Å². The number of carboxylic acids is 1. The summed E-state index contributed by atoms with van der Waals surface area (Å²) in [7, 11) is 1.40. The lowest BCUT2D eigenvalue weighted by Gasteiger charge is -2.25. The molecular formula is C16H23NO4. The van der Waals surface area contributed by atoms with Gasteiger partial charge in [-0.1, -0.05) is 44.2 Å². The minimum absolute atomic E-state index is 0.0385. The predicted molar refractivity (Wildman–Crippen MR) is 80.1 cm³/mol. The number of hydrogen-bond donors (Lipinski definition) is 2. The maximum absolute atomic E-state index is 11.9. The van der Waals surface area contributed by atoms with Gasteiger partial charge in [-0.3, -0.25) is 4.79 Å². The number of amides is 1. The molecule has 0 aromatic heterocycles. The molecule has 1 aromatic carbocycles. The van der Waals surface area contributed by atoms with Gasteiger partial charge in [0.25, 0.3) is 0 Å². The molecule has 0 heterocycles. The molecule has 0 aliphatic rings. The molecule has 0 aliphatic heterocycles. The molecule has 0 bridgehead atoms. The number of carbonyl (C=O) groups is 2. The molecule has 1 atom stereocenters. The highest BCUT2D eigenvalue weighted by atomic mass is 16.5. The van der Waals surface area contributed by atoms with Gasteiger partial charge in [0, 0.05) is 13.5 Å². The lowest BCUT2D eigenvalue weighted by molar-refractivity contribution is -0.143. The highest BCUT2D eigenvalue weighted by Gasteiger charge is 2.24. The zero-order valence-corrected chi connectivity index (χ0v) is 12.8. The van der Waals surface area contributed by atoms with Crippen molar-refractivity contribution in [3.05, 3.63) is 35.9 Å². The summed E-state index contributed by atoms with van der Waals surface area (Å²) in [6, 6.07) is 8.95. The molecule has 0 saturated carbocycles. The number of hydrogen-bond acceptors (Lipinski definition) is 3. The Morgan fingerprint density at radius 3 is 2.43 bits per heavy atom. The SMILES string of the molecule is COCC(NC(=O)CCC(C)(C)c1ccccc1)C(=O)O. The summed E-state index contributed by atoms with van der Waals surface area (Å²) in [4.78, 5) is 22.8. The van der Waals surface area contributed by atoms with E-state index in [4.69, 9.17) is 9.84 Å². The third-order valence-corrected chi connectivity index (χ3v) is 3.50. The number of rotatable bonds is 8. The molecule has 0 saturated heterocycles. The molecule has 1 unspecified atom stereocenters. The fourth-order valence-electron chi connectivity index (χ4n) is 2.07. The van der Waals surface area contributed by atoms with Crippen LogP contribution in [0.2, 0.25) is 0 Å². The van der Waals surface area contributed by atoms with Crippen LogP contribution < -0.4 is 5.32 Å². The third kappa shape index (κ3) is 5.55. The van der Waals surface area contributed by atoms with Crippen LogP contribution in [0, 0.1) is 0 Å². The Bertz CT molecular complexity index is 470. The number of aliphatic carboxylic acids is 1. The zero-order valence-electron chi connectivity index (χ0n) is 12.8. The molecule has 2 N–H and O–H groups in total. The fraction of sp³-hybridized carbons (Fsp3) is 0.500. The van der Waals surface area contributed by atoms with Crippen LogP contribution in [0.4, 0.5) is 0 Å². The summed E-state index contributed by atoms with van der Waals surface area (Å²) in [5, 5.41) is 11.4. The van der Waals surface area contributed by atoms with E-state index in [0.717, 1.165) is 5.56 Å². The molecule has 0 radical (unpaired) electrons. The van der Waals surface area contributed by atoms with Crippen molar-refractivity contribution >= 4 is 11.9 Å². The van der Waals surface area contributed by atoms with Crippen molar-refractivity contribution in [3.8, 4) is 0 Å². The van der Waals surface area contributed by atoms with Crippen molar-refractivity contribution in [3.63, 3.8) is 0 Å². The second-order valence-electron chi connectivity index (χ2n) is 5.66. The van der Waals surface area contributed by atoms with Crippen molar-refractivity contribution in [2.45, 2.75) is 38.1 Å². The van der Waals surface area contributed by atoms with Gasteiger partial charge in [-0.2, -0.15) is 0 Å². The van der Waals surface area contributed by atoms with E-state index in [0.29, 0.717) is 6.42 Å². The molecular weight excluding hydrogens is 270 g/mol. The van der Waals surface area contributed by atoms with Crippen LogP contribution in [0.5, 0.6) is 0 Å². The molecule has 1 rings (SSSR count). The van der Waals surface area contributed by atoms with Crippen LogP contribution in [0.3, 0.4) is 0 Å². The Morgan fingerprint density at radius 1 is 1.29 bits per heavy atom. The maximum atomic E-state index is 11.9. The van der Waals surface area contributed by atoms with Crippen LogP contribution in [0.25, 0.3) is 0 Å². The molecule has 1 aromatic rings. The Hall–Kier alpha value is -1.88. The molecule has 5 nitrogen and oxygen atoms in total. The summed E-state index contributed by atoms with van der Waals surface area (Å²) in [6.45, 7) is 4.10. The first kappa shape index (κ1) is 17.2. The molecule has 116 valence electrons. The van der Waals surface area contributed by atoms with Gasteiger partial charge in [0.15, 0.2) is 6.04 Å². The lowest BCUT2D eigenvalue weighted by atomic mass is 9.80.